The first-order valence-electron chi connectivity index (χ1n) is 7.79. The number of hydrogen-bond donors (Lipinski definition) is 2. The van der Waals surface area contributed by atoms with Crippen molar-refractivity contribution in [3.05, 3.63) is 0 Å². The van der Waals surface area contributed by atoms with E-state index in [9.17, 15) is 24.0 Å². The number of carbonyl (C=O) groups is 5. The molecule has 2 rings (SSSR count). The number of rotatable bonds is 7. The third kappa shape index (κ3) is 5.33. The molecule has 0 spiro atoms. The van der Waals surface area contributed by atoms with Gasteiger partial charge in [0.05, 0.1) is 11.7 Å². The van der Waals surface area contributed by atoms with E-state index in [0.29, 0.717) is 17.5 Å². The van der Waals surface area contributed by atoms with Crippen LogP contribution in [0.25, 0.3) is 0 Å². The molecule has 3 unspecified atom stereocenters. The fraction of sp³-hybridized carbons (Fsp3) is 0.643. The van der Waals surface area contributed by atoms with E-state index in [-0.39, 0.29) is 18.9 Å². The van der Waals surface area contributed by atoms with Crippen molar-refractivity contribution in [3.63, 3.8) is 0 Å². The molecule has 144 valence electrons. The average Bonchev–Trinajstić information content (AvgIpc) is 3.08. The zero-order valence-corrected chi connectivity index (χ0v) is 15.0. The number of cyclic esters (lactones) is 1. The second kappa shape index (κ2) is 8.85. The number of amides is 3. The number of nitrogens with zero attached hydrogens (tertiary/aromatic N) is 1. The van der Waals surface area contributed by atoms with E-state index in [1.807, 2.05) is 0 Å². The molecule has 3 amide bonds. The Morgan fingerprint density at radius 1 is 1.27 bits per heavy atom. The highest BCUT2D eigenvalue weighted by Crippen LogP contribution is 2.28. The zero-order valence-electron chi connectivity index (χ0n) is 14.2. The van der Waals surface area contributed by atoms with Gasteiger partial charge in [-0.3, -0.25) is 19.2 Å². The molecule has 2 heterocycles. The van der Waals surface area contributed by atoms with Gasteiger partial charge in [-0.1, -0.05) is 0 Å². The molecule has 2 fully saturated rings. The van der Waals surface area contributed by atoms with Gasteiger partial charge in [-0.25, -0.2) is 9.63 Å². The highest BCUT2D eigenvalue weighted by Gasteiger charge is 2.45. The minimum Gasteiger partial charge on any atom is -0.449 e. The Bertz CT molecular complexity index is 613. The minimum atomic E-state index is -1.19. The second-order valence-electron chi connectivity index (χ2n) is 5.56. The normalized spacial score (nSPS) is 25.0. The summed E-state index contributed by atoms with van der Waals surface area (Å²) in [6, 6.07) is -0.950. The van der Waals surface area contributed by atoms with E-state index in [4.69, 9.17) is 14.4 Å². The first-order chi connectivity index (χ1) is 12.3. The van der Waals surface area contributed by atoms with Crippen molar-refractivity contribution in [3.8, 4) is 0 Å². The highest BCUT2D eigenvalue weighted by atomic mass is 32.2. The zero-order chi connectivity index (χ0) is 19.3. The summed E-state index contributed by atoms with van der Waals surface area (Å²) in [6.45, 7) is 2.82. The van der Waals surface area contributed by atoms with Crippen LogP contribution in [-0.4, -0.2) is 71.2 Å². The molecule has 0 saturated carbocycles. The summed E-state index contributed by atoms with van der Waals surface area (Å²) in [5, 5.41) is 4.83. The molecule has 2 aliphatic heterocycles. The number of hydroxylamine groups is 2. The van der Waals surface area contributed by atoms with Crippen LogP contribution in [0, 0.1) is 0 Å². The van der Waals surface area contributed by atoms with Crippen molar-refractivity contribution in [2.24, 2.45) is 0 Å². The van der Waals surface area contributed by atoms with Crippen LogP contribution in [0.3, 0.4) is 0 Å². The summed E-state index contributed by atoms with van der Waals surface area (Å²) in [5.41, 5.74) is 0. The maximum atomic E-state index is 12.2. The van der Waals surface area contributed by atoms with Gasteiger partial charge in [0.1, 0.15) is 12.6 Å². The molecule has 0 aromatic rings. The van der Waals surface area contributed by atoms with Crippen molar-refractivity contribution in [1.82, 2.24) is 15.9 Å². The minimum absolute atomic E-state index is 0.00776. The fourth-order valence-electron chi connectivity index (χ4n) is 2.28. The Labute approximate surface area is 153 Å². The lowest BCUT2D eigenvalue weighted by Gasteiger charge is -2.18. The van der Waals surface area contributed by atoms with Crippen molar-refractivity contribution < 1.29 is 38.4 Å². The van der Waals surface area contributed by atoms with Crippen molar-refractivity contribution in [2.75, 3.05) is 18.9 Å². The molecule has 0 aromatic carbocycles. The summed E-state index contributed by atoms with van der Waals surface area (Å²) in [4.78, 5) is 67.3. The lowest BCUT2D eigenvalue weighted by atomic mass is 10.2. The topological polar surface area (TPSA) is 140 Å². The third-order valence-corrected chi connectivity index (χ3v) is 4.67. The Hall–Kier alpha value is -2.34. The molecule has 3 atom stereocenters. The highest BCUT2D eigenvalue weighted by molar-refractivity contribution is 8.00. The Morgan fingerprint density at radius 2 is 2.00 bits per heavy atom. The van der Waals surface area contributed by atoms with Crippen LogP contribution in [0.2, 0.25) is 0 Å². The number of esters is 1. The maximum Gasteiger partial charge on any atom is 0.377 e. The first-order valence-corrected chi connectivity index (χ1v) is 8.84. The summed E-state index contributed by atoms with van der Waals surface area (Å²) < 4.78 is 4.97. The van der Waals surface area contributed by atoms with Gasteiger partial charge in [-0.15, -0.1) is 0 Å². The summed E-state index contributed by atoms with van der Waals surface area (Å²) in [7, 11) is 0. The van der Waals surface area contributed by atoms with Gasteiger partial charge in [-0.05, 0) is 5.23 Å². The molecule has 2 N–H and O–H groups in total. The lowest BCUT2D eigenvalue weighted by molar-refractivity contribution is -0.306. The molecule has 26 heavy (non-hydrogen) atoms. The predicted molar refractivity (Wildman–Crippen MR) is 85.9 cm³/mol. The van der Waals surface area contributed by atoms with Crippen LogP contribution < -0.4 is 10.6 Å². The van der Waals surface area contributed by atoms with Crippen LogP contribution in [0.5, 0.6) is 0 Å². The Balaban J connectivity index is 1.86. The van der Waals surface area contributed by atoms with Crippen LogP contribution in [-0.2, 0) is 38.4 Å². The van der Waals surface area contributed by atoms with Gasteiger partial charge in [0.25, 0.3) is 0 Å². The van der Waals surface area contributed by atoms with E-state index in [1.54, 1.807) is 0 Å². The van der Waals surface area contributed by atoms with Crippen molar-refractivity contribution in [1.29, 1.82) is 0 Å². The van der Waals surface area contributed by atoms with Gasteiger partial charge in [0.15, 0.2) is 0 Å². The van der Waals surface area contributed by atoms with Crippen LogP contribution in [0.4, 0.5) is 0 Å². The quantitative estimate of drug-likeness (QED) is 0.384. The van der Waals surface area contributed by atoms with Gasteiger partial charge >= 0.3 is 17.8 Å². The smallest absolute Gasteiger partial charge is 0.377 e. The number of carbonyl (C=O) groups excluding carboxylic acids is 5. The first kappa shape index (κ1) is 20.0. The number of hydrogen-bond acceptors (Lipinski definition) is 9. The van der Waals surface area contributed by atoms with Gasteiger partial charge in [0.2, 0.25) is 17.9 Å². The van der Waals surface area contributed by atoms with Crippen molar-refractivity contribution >= 4 is 41.4 Å². The maximum absolute atomic E-state index is 12.2. The molecular weight excluding hydrogens is 370 g/mol. The molecule has 2 saturated heterocycles. The molecule has 0 aromatic heterocycles. The van der Waals surface area contributed by atoms with Crippen molar-refractivity contribution in [2.45, 2.75) is 37.7 Å². The number of thioether (sulfide) groups is 1. The van der Waals surface area contributed by atoms with Gasteiger partial charge in [-0.2, -0.15) is 11.8 Å². The van der Waals surface area contributed by atoms with Crippen LogP contribution in [0.1, 0.15) is 20.3 Å². The van der Waals surface area contributed by atoms with E-state index in [1.165, 1.54) is 25.6 Å². The standard InChI is InChI=1S/C14H19N3O8S/c1-7(18)15-3-4-26-10-5-11(20)24-12(10)14(22)25-17-13(21)9(6-23-17)16-8(2)19/h9-10,12H,3-6H2,1-2H3,(H,15,18)(H,16,19). The van der Waals surface area contributed by atoms with Gasteiger partial charge in [0, 0.05) is 26.1 Å². The summed E-state index contributed by atoms with van der Waals surface area (Å²) >= 11 is 1.27. The average molecular weight is 389 g/mol. The van der Waals surface area contributed by atoms with Crippen LogP contribution in [0.15, 0.2) is 0 Å². The molecule has 12 heteroatoms. The van der Waals surface area contributed by atoms with Gasteiger partial charge < -0.3 is 20.2 Å². The summed E-state index contributed by atoms with van der Waals surface area (Å²) in [6.07, 6.45) is -1.19. The predicted octanol–water partition coefficient (Wildman–Crippen LogP) is -1.72. The molecule has 0 aliphatic carbocycles. The van der Waals surface area contributed by atoms with E-state index in [0.717, 1.165) is 0 Å². The number of nitrogens with one attached hydrogen (secondary N) is 2. The van der Waals surface area contributed by atoms with E-state index >= 15 is 0 Å². The molecule has 2 aliphatic rings. The van der Waals surface area contributed by atoms with E-state index < -0.39 is 41.1 Å². The second-order valence-corrected chi connectivity index (χ2v) is 6.91. The molecule has 0 bridgehead atoms. The summed E-state index contributed by atoms with van der Waals surface area (Å²) in [5.74, 6) is -2.40. The molecular formula is C14H19N3O8S. The fourth-order valence-corrected chi connectivity index (χ4v) is 3.40. The largest absolute Gasteiger partial charge is 0.449 e. The Kier molecular flexibility index (Phi) is 6.80. The van der Waals surface area contributed by atoms with E-state index in [2.05, 4.69) is 10.6 Å². The SMILES string of the molecule is CC(=O)NCCSC1CC(=O)OC1C(=O)ON1OCC(NC(C)=O)C1=O. The Morgan fingerprint density at radius 3 is 2.65 bits per heavy atom. The molecule has 0 radical (unpaired) electrons. The third-order valence-electron chi connectivity index (χ3n) is 3.39. The molecule has 11 nitrogen and oxygen atoms in total. The van der Waals surface area contributed by atoms with Crippen LogP contribution >= 0.6 is 11.8 Å². The monoisotopic (exact) mass is 389 g/mol. The number of ether oxygens (including phenoxy) is 1. The lowest BCUT2D eigenvalue weighted by Crippen LogP contribution is -2.43.